The van der Waals surface area contributed by atoms with Crippen molar-refractivity contribution in [3.05, 3.63) is 114 Å². The number of benzene rings is 2. The van der Waals surface area contributed by atoms with Crippen LogP contribution in [0.5, 0.6) is 5.88 Å². The molecule has 2 N–H and O–H groups in total. The number of pyridine rings is 1. The van der Waals surface area contributed by atoms with Crippen molar-refractivity contribution in [3.8, 4) is 5.88 Å². The van der Waals surface area contributed by atoms with Crippen LogP contribution in [0.1, 0.15) is 22.3 Å². The summed E-state index contributed by atoms with van der Waals surface area (Å²) in [4.78, 5) is 8.77. The van der Waals surface area contributed by atoms with E-state index in [4.69, 9.17) is 4.74 Å². The molecule has 0 saturated heterocycles. The van der Waals surface area contributed by atoms with E-state index >= 15 is 0 Å². The van der Waals surface area contributed by atoms with Crippen LogP contribution >= 0.6 is 24.0 Å². The van der Waals surface area contributed by atoms with Gasteiger partial charge in [-0.3, -0.25) is 9.67 Å². The van der Waals surface area contributed by atoms with E-state index in [2.05, 4.69) is 43.9 Å². The second-order valence-electron chi connectivity index (χ2n) is 7.49. The van der Waals surface area contributed by atoms with Crippen LogP contribution in [0.25, 0.3) is 0 Å². The van der Waals surface area contributed by atoms with Gasteiger partial charge in [0, 0.05) is 44.3 Å². The molecule has 4 rings (SSSR count). The van der Waals surface area contributed by atoms with Crippen LogP contribution in [-0.4, -0.2) is 27.8 Å². The molecule has 7 nitrogen and oxygen atoms in total. The Morgan fingerprint density at radius 2 is 1.56 bits per heavy atom. The summed E-state index contributed by atoms with van der Waals surface area (Å²) in [7, 11) is 1.76. The summed E-state index contributed by atoms with van der Waals surface area (Å²) in [5, 5.41) is 11.1. The second kappa shape index (κ2) is 13.3. The first kappa shape index (κ1) is 25.2. The topological polar surface area (TPSA) is 76.4 Å². The number of rotatable bonds is 9. The van der Waals surface area contributed by atoms with Crippen LogP contribution < -0.4 is 15.4 Å². The highest BCUT2D eigenvalue weighted by Crippen LogP contribution is 2.16. The van der Waals surface area contributed by atoms with Gasteiger partial charge in [-0.1, -0.05) is 60.7 Å². The summed E-state index contributed by atoms with van der Waals surface area (Å²) in [6.07, 6.45) is 5.51. The number of ether oxygens (including phenoxy) is 1. The van der Waals surface area contributed by atoms with Crippen LogP contribution in [0, 0.1) is 0 Å². The lowest BCUT2D eigenvalue weighted by Gasteiger charge is -2.15. The first-order valence-electron chi connectivity index (χ1n) is 10.9. The van der Waals surface area contributed by atoms with E-state index in [1.165, 1.54) is 11.1 Å². The van der Waals surface area contributed by atoms with Gasteiger partial charge in [-0.25, -0.2) is 4.98 Å². The van der Waals surface area contributed by atoms with E-state index in [1.807, 2.05) is 65.5 Å². The zero-order chi connectivity index (χ0) is 22.7. The van der Waals surface area contributed by atoms with Crippen molar-refractivity contribution in [2.24, 2.45) is 4.99 Å². The van der Waals surface area contributed by atoms with E-state index < -0.39 is 0 Å². The predicted octanol–water partition coefficient (Wildman–Crippen LogP) is 4.39. The average molecular weight is 568 g/mol. The Kier molecular flexibility index (Phi) is 9.90. The molecule has 176 valence electrons. The number of guanidine groups is 1. The van der Waals surface area contributed by atoms with Crippen LogP contribution in [0.15, 0.2) is 96.4 Å². The largest absolute Gasteiger partial charge is 0.473 e. The number of nitrogens with zero attached hydrogens (tertiary/aromatic N) is 4. The molecule has 0 aliphatic heterocycles. The molecule has 8 heteroatoms. The van der Waals surface area contributed by atoms with Crippen molar-refractivity contribution in [2.45, 2.75) is 26.2 Å². The van der Waals surface area contributed by atoms with Gasteiger partial charge >= 0.3 is 0 Å². The molecule has 34 heavy (non-hydrogen) atoms. The molecule has 0 bridgehead atoms. The average Bonchev–Trinajstić information content (AvgIpc) is 3.38. The standard InChI is InChI=1S/C26H28N6O.HI/c1-27-26(29-17-22-11-5-6-12-24(22)19-32-16-8-15-31-32)30-18-23-13-7-14-28-25(23)33-20-21-9-3-2-4-10-21;/h2-16H,17-20H2,1H3,(H2,27,29,30);1H. The fourth-order valence-electron chi connectivity index (χ4n) is 3.45. The Labute approximate surface area is 217 Å². The molecule has 0 aliphatic carbocycles. The van der Waals surface area contributed by atoms with Gasteiger partial charge in [-0.2, -0.15) is 5.10 Å². The molecule has 0 atom stereocenters. The number of hydrogen-bond acceptors (Lipinski definition) is 4. The third-order valence-electron chi connectivity index (χ3n) is 5.19. The zero-order valence-corrected chi connectivity index (χ0v) is 21.4. The molecule has 0 fully saturated rings. The molecule has 4 aromatic rings. The van der Waals surface area contributed by atoms with Gasteiger partial charge in [0.25, 0.3) is 0 Å². The van der Waals surface area contributed by atoms with Crippen molar-refractivity contribution in [3.63, 3.8) is 0 Å². The van der Waals surface area contributed by atoms with Crippen molar-refractivity contribution >= 4 is 29.9 Å². The van der Waals surface area contributed by atoms with Crippen molar-refractivity contribution in [1.29, 1.82) is 0 Å². The monoisotopic (exact) mass is 568 g/mol. The van der Waals surface area contributed by atoms with Gasteiger partial charge < -0.3 is 15.4 Å². The summed E-state index contributed by atoms with van der Waals surface area (Å²) >= 11 is 0. The Bertz CT molecular complexity index is 1160. The summed E-state index contributed by atoms with van der Waals surface area (Å²) in [5.41, 5.74) is 4.49. The fraction of sp³-hybridized carbons (Fsp3) is 0.192. The molecule has 0 unspecified atom stereocenters. The number of halogens is 1. The maximum absolute atomic E-state index is 5.96. The van der Waals surface area contributed by atoms with E-state index in [0.29, 0.717) is 31.5 Å². The van der Waals surface area contributed by atoms with Crippen molar-refractivity contribution < 1.29 is 4.74 Å². The van der Waals surface area contributed by atoms with Crippen molar-refractivity contribution in [1.82, 2.24) is 25.4 Å². The minimum atomic E-state index is 0. The van der Waals surface area contributed by atoms with E-state index in [1.54, 1.807) is 19.4 Å². The number of hydrogen-bond donors (Lipinski definition) is 2. The Hall–Kier alpha value is -3.40. The molecular weight excluding hydrogens is 539 g/mol. The lowest BCUT2D eigenvalue weighted by molar-refractivity contribution is 0.290. The molecular formula is C26H29IN6O. The molecule has 0 aliphatic rings. The SMILES string of the molecule is CN=C(NCc1ccccc1Cn1cccn1)NCc1cccnc1OCc1ccccc1.I. The maximum Gasteiger partial charge on any atom is 0.218 e. The quantitative estimate of drug-likeness (QED) is 0.178. The molecule has 0 radical (unpaired) electrons. The lowest BCUT2D eigenvalue weighted by Crippen LogP contribution is -2.36. The number of aromatic nitrogens is 3. The summed E-state index contributed by atoms with van der Waals surface area (Å²) < 4.78 is 7.89. The normalized spacial score (nSPS) is 10.9. The molecule has 2 aromatic carbocycles. The first-order chi connectivity index (χ1) is 16.3. The summed E-state index contributed by atoms with van der Waals surface area (Å²) in [6, 6.07) is 24.3. The van der Waals surface area contributed by atoms with Gasteiger partial charge in [-0.15, -0.1) is 24.0 Å². The van der Waals surface area contributed by atoms with Crippen LogP contribution in [0.2, 0.25) is 0 Å². The highest BCUT2D eigenvalue weighted by Gasteiger charge is 2.08. The summed E-state index contributed by atoms with van der Waals surface area (Å²) in [5.74, 6) is 1.33. The summed E-state index contributed by atoms with van der Waals surface area (Å²) in [6.45, 7) is 2.41. The van der Waals surface area contributed by atoms with Gasteiger partial charge in [0.15, 0.2) is 5.96 Å². The van der Waals surface area contributed by atoms with Gasteiger partial charge in [-0.05, 0) is 28.8 Å². The second-order valence-corrected chi connectivity index (χ2v) is 7.49. The van der Waals surface area contributed by atoms with Gasteiger partial charge in [0.1, 0.15) is 6.61 Å². The molecule has 2 heterocycles. The highest BCUT2D eigenvalue weighted by molar-refractivity contribution is 14.0. The van der Waals surface area contributed by atoms with Crippen LogP contribution in [-0.2, 0) is 26.2 Å². The van der Waals surface area contributed by atoms with Gasteiger partial charge in [0.2, 0.25) is 5.88 Å². The Balaban J connectivity index is 0.00000324. The molecule has 0 spiro atoms. The number of nitrogens with one attached hydrogen (secondary N) is 2. The predicted molar refractivity (Wildman–Crippen MR) is 145 cm³/mol. The minimum absolute atomic E-state index is 0. The van der Waals surface area contributed by atoms with E-state index in [-0.39, 0.29) is 24.0 Å². The fourth-order valence-corrected chi connectivity index (χ4v) is 3.45. The maximum atomic E-state index is 5.96. The highest BCUT2D eigenvalue weighted by atomic mass is 127. The zero-order valence-electron chi connectivity index (χ0n) is 19.1. The third-order valence-corrected chi connectivity index (χ3v) is 5.19. The Morgan fingerprint density at radius 3 is 2.29 bits per heavy atom. The smallest absolute Gasteiger partial charge is 0.218 e. The first-order valence-corrected chi connectivity index (χ1v) is 10.9. The Morgan fingerprint density at radius 1 is 0.853 bits per heavy atom. The molecule has 2 aromatic heterocycles. The third kappa shape index (κ3) is 7.31. The van der Waals surface area contributed by atoms with Gasteiger partial charge in [0.05, 0.1) is 6.54 Å². The van der Waals surface area contributed by atoms with Crippen LogP contribution in [0.4, 0.5) is 0 Å². The number of aliphatic imine (C=N–C) groups is 1. The van der Waals surface area contributed by atoms with E-state index in [0.717, 1.165) is 17.7 Å². The molecule has 0 amide bonds. The lowest BCUT2D eigenvalue weighted by atomic mass is 10.1. The van der Waals surface area contributed by atoms with E-state index in [9.17, 15) is 0 Å². The minimum Gasteiger partial charge on any atom is -0.473 e. The van der Waals surface area contributed by atoms with Crippen LogP contribution in [0.3, 0.4) is 0 Å². The van der Waals surface area contributed by atoms with Crippen molar-refractivity contribution in [2.75, 3.05) is 7.05 Å². The molecule has 0 saturated carbocycles.